The molecule has 0 saturated carbocycles. The molecule has 8 aromatic carbocycles. The number of aromatic nitrogens is 6. The van der Waals surface area contributed by atoms with Crippen molar-refractivity contribution in [3.05, 3.63) is 231 Å². The maximum Gasteiger partial charge on any atom is 0.322 e. The van der Waals surface area contributed by atoms with E-state index in [-0.39, 0.29) is 23.7 Å². The largest absolute Gasteiger partial charge is 0.481 e. The number of sulfone groups is 1. The van der Waals surface area contributed by atoms with Crippen LogP contribution in [0.25, 0.3) is 43.7 Å². The molecule has 0 aliphatic heterocycles. The Morgan fingerprint density at radius 3 is 1.51 bits per heavy atom. The number of nitrogens with one attached hydrogen (secondary N) is 4. The number of nitrogens with zero attached hydrogens (tertiary/aromatic N) is 6. The Morgan fingerprint density at radius 1 is 0.525 bits per heavy atom. The third kappa shape index (κ3) is 25.5. The molecule has 618 valence electrons. The number of pyridine rings is 2. The molecule has 12 rings (SSSR count). The van der Waals surface area contributed by atoms with Crippen molar-refractivity contribution in [2.24, 2.45) is 13.0 Å². The van der Waals surface area contributed by atoms with Gasteiger partial charge in [0.05, 0.1) is 40.0 Å². The van der Waals surface area contributed by atoms with Gasteiger partial charge in [-0.2, -0.15) is 5.10 Å². The number of aliphatic carboxylic acids is 4. The molecule has 4 aromatic heterocycles. The van der Waals surface area contributed by atoms with Gasteiger partial charge in [-0.3, -0.25) is 43.2 Å². The van der Waals surface area contributed by atoms with Gasteiger partial charge in [0.2, 0.25) is 11.8 Å². The number of halogens is 9. The van der Waals surface area contributed by atoms with Gasteiger partial charge in [-0.15, -0.1) is 0 Å². The number of hydrogen-bond acceptors (Lipinski definition) is 16. The van der Waals surface area contributed by atoms with Gasteiger partial charge in [-0.1, -0.05) is 104 Å². The van der Waals surface area contributed by atoms with Crippen LogP contribution in [0.15, 0.2) is 163 Å². The minimum absolute atomic E-state index is 0.189. The number of fused-ring (bicyclic) bond motifs is 4. The molecule has 25 nitrogen and oxygen atoms in total. The van der Waals surface area contributed by atoms with Crippen molar-refractivity contribution in [3.8, 4) is 23.0 Å². The summed E-state index contributed by atoms with van der Waals surface area (Å²) in [5.41, 5.74) is 15.1. The number of benzene rings is 8. The highest BCUT2D eigenvalue weighted by Crippen LogP contribution is 2.43. The average Bonchev–Trinajstić information content (AvgIpc) is 1.61. The van der Waals surface area contributed by atoms with Gasteiger partial charge in [-0.05, 0) is 259 Å². The summed E-state index contributed by atoms with van der Waals surface area (Å²) in [4.78, 5) is 92.0. The number of ether oxygens (including phenoxy) is 2. The monoisotopic (exact) mass is 2140 g/mol. The Kier molecular flexibility index (Phi) is 32.5. The molecule has 0 spiro atoms. The molecule has 118 heavy (non-hydrogen) atoms. The van der Waals surface area contributed by atoms with Crippen LogP contribution in [0.5, 0.6) is 23.0 Å². The molecule has 0 atom stereocenters. The Balaban J connectivity index is 0.000000179. The fourth-order valence-corrected chi connectivity index (χ4v) is 18.5. The minimum Gasteiger partial charge on any atom is -0.481 e. The second-order valence-corrected chi connectivity index (χ2v) is 36.5. The number of carbonyl (C=O) groups is 7. The second kappa shape index (κ2) is 41.3. The predicted octanol–water partition coefficient (Wildman–Crippen LogP) is 20.5. The Bertz CT molecular complexity index is 5980. The first-order valence-corrected chi connectivity index (χ1v) is 44.4. The highest BCUT2D eigenvalue weighted by molar-refractivity contribution is 9.12. The van der Waals surface area contributed by atoms with E-state index in [1.807, 2.05) is 19.9 Å². The lowest BCUT2D eigenvalue weighted by Crippen LogP contribution is -2.29. The van der Waals surface area contributed by atoms with E-state index >= 15 is 0 Å². The van der Waals surface area contributed by atoms with Crippen LogP contribution < -0.4 is 30.7 Å². The van der Waals surface area contributed by atoms with Gasteiger partial charge in [0, 0.05) is 99.5 Å². The van der Waals surface area contributed by atoms with Crippen molar-refractivity contribution < 1.29 is 76.3 Å². The number of imidazole rings is 1. The summed E-state index contributed by atoms with van der Waals surface area (Å²) >= 11 is 27.9. The van der Waals surface area contributed by atoms with E-state index < -0.39 is 76.6 Å². The maximum absolute atomic E-state index is 14.7. The number of anilines is 3. The van der Waals surface area contributed by atoms with Crippen LogP contribution in [0.3, 0.4) is 0 Å². The van der Waals surface area contributed by atoms with E-state index in [0.29, 0.717) is 93.8 Å². The predicted molar refractivity (Wildman–Crippen MR) is 481 cm³/mol. The number of hydrogen-bond donors (Lipinski definition) is 8. The van der Waals surface area contributed by atoms with Gasteiger partial charge in [0.15, 0.2) is 27.2 Å². The van der Waals surface area contributed by atoms with E-state index in [1.54, 1.807) is 67.6 Å². The van der Waals surface area contributed by atoms with Gasteiger partial charge in [0.25, 0.3) is 5.91 Å². The van der Waals surface area contributed by atoms with E-state index in [1.165, 1.54) is 28.4 Å². The van der Waals surface area contributed by atoms with Gasteiger partial charge in [0.1, 0.15) is 54.6 Å². The highest BCUT2D eigenvalue weighted by Gasteiger charge is 2.22. The van der Waals surface area contributed by atoms with E-state index in [9.17, 15) is 46.4 Å². The van der Waals surface area contributed by atoms with E-state index in [2.05, 4.69) is 241 Å². The summed E-state index contributed by atoms with van der Waals surface area (Å²) < 4.78 is 58.8. The average molecular weight is 2140 g/mol. The van der Waals surface area contributed by atoms with Gasteiger partial charge in [-0.25, -0.2) is 22.8 Å². The first-order chi connectivity index (χ1) is 55.6. The SMILES string of the molecule is CC(C)Cc1nc2ccc(Cc3c(Br)cc(NC(=O)CC(=O)O)cc3Br)cc2n1C.CCc1cc(C)c2cc(Cc3c(Br)cc(NC(=O)CC(=O)O)cc3Br)ccc2n1.CCc1cc(C)c2cc(Oc3c(Br)cc(C(=O)NCC(=O)O)cc3Br)cc(F)c2n1.Cc1c2cc(Oc3c(Br)cc(NCC(=O)O)cc3Br)ccc2nn1CS(C)(=O)=O. The van der Waals surface area contributed by atoms with Gasteiger partial charge >= 0.3 is 23.9 Å². The summed E-state index contributed by atoms with van der Waals surface area (Å²) in [6.45, 7) is 13.5. The Labute approximate surface area is 745 Å². The van der Waals surface area contributed by atoms with Gasteiger partial charge < -0.3 is 55.7 Å². The number of carboxylic acids is 4. The molecule has 0 aliphatic rings. The smallest absolute Gasteiger partial charge is 0.322 e. The lowest BCUT2D eigenvalue weighted by molar-refractivity contribution is -0.141. The third-order valence-corrected chi connectivity index (χ3v) is 23.6. The van der Waals surface area contributed by atoms with Crippen LogP contribution in [-0.4, -0.2) is 119 Å². The summed E-state index contributed by atoms with van der Waals surface area (Å²) in [7, 11) is -1.16. The summed E-state index contributed by atoms with van der Waals surface area (Å²) in [5.74, 6) is -3.46. The molecule has 0 aliphatic carbocycles. The molecule has 0 saturated heterocycles. The fraction of sp³-hybridized carbons (Fsp3) is 0.241. The van der Waals surface area contributed by atoms with Crippen LogP contribution in [-0.2, 0) is 83.6 Å². The van der Waals surface area contributed by atoms with E-state index in [4.69, 9.17) is 39.9 Å². The highest BCUT2D eigenvalue weighted by atomic mass is 79.9. The van der Waals surface area contributed by atoms with Crippen molar-refractivity contribution in [1.29, 1.82) is 0 Å². The maximum atomic E-state index is 14.7. The number of aryl methyl sites for hydroxylation is 6. The van der Waals surface area contributed by atoms with E-state index in [0.717, 1.165) is 115 Å². The molecule has 0 bridgehead atoms. The molecular weight excluding hydrogens is 2070 g/mol. The summed E-state index contributed by atoms with van der Waals surface area (Å²) in [6.07, 6.45) is 3.96. The normalized spacial score (nSPS) is 11.1. The third-order valence-electron chi connectivity index (χ3n) is 17.7. The Hall–Kier alpha value is -9.07. The van der Waals surface area contributed by atoms with Crippen LogP contribution in [0.2, 0.25) is 0 Å². The molecule has 0 unspecified atom stereocenters. The van der Waals surface area contributed by atoms with Crippen LogP contribution in [0.1, 0.15) is 107 Å². The molecule has 0 fully saturated rings. The fourth-order valence-electron chi connectivity index (χ4n) is 12.1. The summed E-state index contributed by atoms with van der Waals surface area (Å²) in [5, 5.41) is 52.1. The van der Waals surface area contributed by atoms with Crippen LogP contribution in [0.4, 0.5) is 21.5 Å². The lowest BCUT2D eigenvalue weighted by Gasteiger charge is -2.14. The molecule has 3 amide bonds. The number of carbonyl (C=O) groups excluding carboxylic acids is 3. The molecule has 8 N–H and O–H groups in total. The van der Waals surface area contributed by atoms with Crippen LogP contribution >= 0.6 is 127 Å². The number of rotatable bonds is 26. The zero-order valence-corrected chi connectivity index (χ0v) is 78.1. The van der Waals surface area contributed by atoms with Crippen molar-refractivity contribution >= 4 is 240 Å². The van der Waals surface area contributed by atoms with Crippen LogP contribution in [0, 0.1) is 32.5 Å². The first kappa shape index (κ1) is 92.8. The standard InChI is InChI=1S/C22H23Br2N3O3.C22H20Br2N2O3.C21H17Br2FN2O4.C18H17Br2N3O5S/c1-12(2)6-20-26-18-5-4-13(8-19(18)27(20)3)7-15-16(23)9-14(10-17(15)24)25-21(28)11-22(29)30;1-3-14-6-12(2)16-7-13(4-5-20(16)25-14)8-17-18(23)9-15(10-19(17)24)26-21(27)11-22(28)29;1-3-12-4-10(2)14-7-13(8-17(24)19(14)26-12)30-20-15(22)5-11(6-16(20)23)21(29)25-9-18(27)28;1-10-13-7-12(3-4-16(13)22-23(10)9-29(2,26)27)28-18-14(19)5-11(6-15(18)20)21-8-17(24)25/h4-5,8-10,12H,6-7,11H2,1-3H3,(H,25,28)(H,29,30);4-7,9-10H,3,8,11H2,1-2H3,(H,26,27)(H,28,29);4-8H,3,9H2,1-2H3,(H,25,29)(H,27,28);3-7,21H,8-9H2,1-2H3,(H,24,25). The second-order valence-electron chi connectivity index (χ2n) is 27.5. The molecule has 35 heteroatoms. The van der Waals surface area contributed by atoms with Crippen molar-refractivity contribution in [1.82, 2.24) is 34.6 Å². The zero-order valence-electron chi connectivity index (χ0n) is 64.5. The number of amides is 3. The summed E-state index contributed by atoms with van der Waals surface area (Å²) in [6, 6.07) is 38.5. The first-order valence-electron chi connectivity index (χ1n) is 36.0. The molecule has 0 radical (unpaired) electrons. The lowest BCUT2D eigenvalue weighted by atomic mass is 10.0. The quantitative estimate of drug-likeness (QED) is 0.0233. The Morgan fingerprint density at radius 2 is 1.00 bits per heavy atom. The molecule has 4 heterocycles. The zero-order chi connectivity index (χ0) is 86.5. The number of carboxylic acid groups (broad SMARTS) is 4. The molecule has 12 aromatic rings. The van der Waals surface area contributed by atoms with Crippen molar-refractivity contribution in [3.63, 3.8) is 0 Å². The topological polar surface area (TPSA) is 363 Å². The molecular formula is C83H77Br8FN10O15S. The van der Waals surface area contributed by atoms with Crippen molar-refractivity contribution in [2.45, 2.75) is 99.3 Å². The van der Waals surface area contributed by atoms with Crippen molar-refractivity contribution in [2.75, 3.05) is 35.3 Å². The minimum atomic E-state index is -3.22.